The van der Waals surface area contributed by atoms with Gasteiger partial charge in [-0.3, -0.25) is 10.1 Å². The summed E-state index contributed by atoms with van der Waals surface area (Å²) in [5.41, 5.74) is 0.974. The zero-order chi connectivity index (χ0) is 13.6. The van der Waals surface area contributed by atoms with Crippen LogP contribution in [0.15, 0.2) is 24.3 Å². The maximum Gasteiger partial charge on any atom is 0.322 e. The molecule has 0 aliphatic carbocycles. The van der Waals surface area contributed by atoms with Gasteiger partial charge in [0.15, 0.2) is 0 Å². The molecule has 2 atom stereocenters. The fourth-order valence-electron chi connectivity index (χ4n) is 2.25. The summed E-state index contributed by atoms with van der Waals surface area (Å²) in [4.78, 5) is 15.9. The summed E-state index contributed by atoms with van der Waals surface area (Å²) in [5.74, 6) is -0.805. The fourth-order valence-corrected chi connectivity index (χ4v) is 4.72. The number of nitrogens with zero attached hydrogens (tertiary/aromatic N) is 1. The van der Waals surface area contributed by atoms with Crippen molar-refractivity contribution in [2.45, 2.75) is 30.0 Å². The van der Waals surface area contributed by atoms with Crippen molar-refractivity contribution in [3.05, 3.63) is 29.3 Å². The van der Waals surface area contributed by atoms with E-state index in [0.29, 0.717) is 0 Å². The summed E-state index contributed by atoms with van der Waals surface area (Å²) < 4.78 is 0.797. The Morgan fingerprint density at radius 3 is 2.79 bits per heavy atom. The second-order valence-corrected chi connectivity index (χ2v) is 7.88. The Bertz CT molecular complexity index is 605. The largest absolute Gasteiger partial charge is 0.480 e. The highest BCUT2D eigenvalue weighted by molar-refractivity contribution is 8.01. The number of thioether (sulfide) groups is 1. The lowest BCUT2D eigenvalue weighted by Crippen LogP contribution is -2.43. The number of aliphatic carboxylic acids is 1. The second kappa shape index (κ2) is 4.47. The molecule has 0 radical (unpaired) electrons. The summed E-state index contributed by atoms with van der Waals surface area (Å²) in [6.07, 6.45) is 0. The van der Waals surface area contributed by atoms with Crippen LogP contribution in [0.3, 0.4) is 0 Å². The molecule has 2 aromatic rings. The second-order valence-electron chi connectivity index (χ2n) is 5.06. The van der Waals surface area contributed by atoms with Gasteiger partial charge in [0.1, 0.15) is 16.4 Å². The van der Waals surface area contributed by atoms with E-state index in [0.717, 1.165) is 15.2 Å². The zero-order valence-electron chi connectivity index (χ0n) is 10.6. The predicted octanol–water partition coefficient (Wildman–Crippen LogP) is 2.86. The normalized spacial score (nSPS) is 25.8. The van der Waals surface area contributed by atoms with Gasteiger partial charge in [-0.2, -0.15) is 0 Å². The molecule has 1 aliphatic rings. The molecule has 19 heavy (non-hydrogen) atoms. The Kier molecular flexibility index (Phi) is 3.03. The first-order valence-electron chi connectivity index (χ1n) is 5.99. The monoisotopic (exact) mass is 294 g/mol. The lowest BCUT2D eigenvalue weighted by atomic mass is 10.0. The summed E-state index contributed by atoms with van der Waals surface area (Å²) in [5, 5.41) is 13.3. The number of hydrogen-bond donors (Lipinski definition) is 2. The van der Waals surface area contributed by atoms with Crippen molar-refractivity contribution in [3.63, 3.8) is 0 Å². The number of rotatable bonds is 2. The third-order valence-corrected chi connectivity index (χ3v) is 5.91. The first-order chi connectivity index (χ1) is 8.97. The summed E-state index contributed by atoms with van der Waals surface area (Å²) in [6, 6.07) is 7.42. The van der Waals surface area contributed by atoms with E-state index in [-0.39, 0.29) is 10.1 Å². The van der Waals surface area contributed by atoms with Crippen molar-refractivity contribution >= 4 is 39.3 Å². The van der Waals surface area contributed by atoms with Gasteiger partial charge < -0.3 is 5.11 Å². The van der Waals surface area contributed by atoms with Gasteiger partial charge in [-0.05, 0) is 26.0 Å². The lowest BCUT2D eigenvalue weighted by molar-refractivity contribution is -0.139. The Morgan fingerprint density at radius 1 is 1.42 bits per heavy atom. The van der Waals surface area contributed by atoms with Crippen LogP contribution in [0, 0.1) is 0 Å². The molecule has 0 spiro atoms. The number of aromatic nitrogens is 1. The van der Waals surface area contributed by atoms with Crippen molar-refractivity contribution in [2.75, 3.05) is 0 Å². The molecule has 1 aromatic carbocycles. The number of hydrogen-bond acceptors (Lipinski definition) is 5. The van der Waals surface area contributed by atoms with E-state index in [1.165, 1.54) is 0 Å². The fraction of sp³-hybridized carbons (Fsp3) is 0.385. The maximum atomic E-state index is 11.3. The third kappa shape index (κ3) is 2.24. The number of fused-ring (bicyclic) bond motifs is 1. The molecule has 0 saturated carbocycles. The smallest absolute Gasteiger partial charge is 0.322 e. The van der Waals surface area contributed by atoms with Gasteiger partial charge in [0.2, 0.25) is 0 Å². The average molecular weight is 294 g/mol. The Labute approximate surface area is 119 Å². The van der Waals surface area contributed by atoms with Crippen LogP contribution >= 0.6 is 23.1 Å². The summed E-state index contributed by atoms with van der Waals surface area (Å²) in [6.45, 7) is 3.91. The van der Waals surface area contributed by atoms with Gasteiger partial charge in [0.25, 0.3) is 0 Å². The van der Waals surface area contributed by atoms with E-state index in [1.54, 1.807) is 23.1 Å². The molecule has 1 saturated heterocycles. The molecule has 6 heteroatoms. The van der Waals surface area contributed by atoms with Crippen molar-refractivity contribution in [1.82, 2.24) is 10.3 Å². The summed E-state index contributed by atoms with van der Waals surface area (Å²) in [7, 11) is 0. The van der Waals surface area contributed by atoms with Crippen molar-refractivity contribution < 1.29 is 9.90 Å². The Hall–Kier alpha value is -1.11. The number of nitrogens with one attached hydrogen (secondary N) is 1. The first kappa shape index (κ1) is 12.9. The van der Waals surface area contributed by atoms with E-state index in [9.17, 15) is 9.90 Å². The number of carbonyl (C=O) groups is 1. The topological polar surface area (TPSA) is 62.2 Å². The van der Waals surface area contributed by atoms with E-state index >= 15 is 0 Å². The number of para-hydroxylation sites is 1. The quantitative estimate of drug-likeness (QED) is 0.892. The molecule has 100 valence electrons. The van der Waals surface area contributed by atoms with Crippen LogP contribution in [-0.2, 0) is 4.79 Å². The van der Waals surface area contributed by atoms with Crippen LogP contribution in [0.5, 0.6) is 0 Å². The molecule has 2 unspecified atom stereocenters. The van der Waals surface area contributed by atoms with Crippen LogP contribution in [0.4, 0.5) is 0 Å². The van der Waals surface area contributed by atoms with E-state index in [2.05, 4.69) is 10.3 Å². The predicted molar refractivity (Wildman–Crippen MR) is 78.6 cm³/mol. The highest BCUT2D eigenvalue weighted by Gasteiger charge is 2.46. The Morgan fingerprint density at radius 2 is 2.16 bits per heavy atom. The van der Waals surface area contributed by atoms with Gasteiger partial charge >= 0.3 is 5.97 Å². The number of benzene rings is 1. The first-order valence-corrected chi connectivity index (χ1v) is 7.69. The Balaban J connectivity index is 1.93. The SMILES string of the molecule is CC1(C)SC(c2nc3ccccc3s2)NC1C(=O)O. The van der Waals surface area contributed by atoms with Crippen molar-refractivity contribution in [3.8, 4) is 0 Å². The molecule has 1 aliphatic heterocycles. The molecular weight excluding hydrogens is 280 g/mol. The minimum absolute atomic E-state index is 0.0477. The van der Waals surface area contributed by atoms with Gasteiger partial charge in [-0.1, -0.05) is 12.1 Å². The van der Waals surface area contributed by atoms with E-state index < -0.39 is 12.0 Å². The average Bonchev–Trinajstić information content (AvgIpc) is 2.88. The molecule has 2 heterocycles. The molecule has 2 N–H and O–H groups in total. The van der Waals surface area contributed by atoms with Crippen molar-refractivity contribution in [1.29, 1.82) is 0 Å². The molecule has 0 amide bonds. The minimum Gasteiger partial charge on any atom is -0.480 e. The van der Waals surface area contributed by atoms with Crippen LogP contribution < -0.4 is 5.32 Å². The van der Waals surface area contributed by atoms with Crippen molar-refractivity contribution in [2.24, 2.45) is 0 Å². The van der Waals surface area contributed by atoms with Crippen LogP contribution in [-0.4, -0.2) is 26.8 Å². The zero-order valence-corrected chi connectivity index (χ0v) is 12.2. The summed E-state index contributed by atoms with van der Waals surface area (Å²) >= 11 is 3.25. The molecule has 1 fully saturated rings. The number of thiazole rings is 1. The van der Waals surface area contributed by atoms with Crippen LogP contribution in [0.2, 0.25) is 0 Å². The van der Waals surface area contributed by atoms with Gasteiger partial charge in [-0.15, -0.1) is 23.1 Å². The van der Waals surface area contributed by atoms with E-state index in [1.807, 2.05) is 38.1 Å². The van der Waals surface area contributed by atoms with Crippen LogP contribution in [0.1, 0.15) is 24.2 Å². The third-order valence-electron chi connectivity index (χ3n) is 3.22. The van der Waals surface area contributed by atoms with E-state index in [4.69, 9.17) is 0 Å². The minimum atomic E-state index is -0.805. The standard InChI is InChI=1S/C13H14N2O2S2/c1-13(2)9(12(16)17)15-11(19-13)10-14-7-5-3-4-6-8(7)18-10/h3-6,9,11,15H,1-2H3,(H,16,17). The molecule has 4 nitrogen and oxygen atoms in total. The number of carboxylic acid groups (broad SMARTS) is 1. The number of carboxylic acids is 1. The van der Waals surface area contributed by atoms with Gasteiger partial charge in [0.05, 0.1) is 10.2 Å². The molecule has 0 bridgehead atoms. The molecule has 3 rings (SSSR count). The highest BCUT2D eigenvalue weighted by atomic mass is 32.2. The lowest BCUT2D eigenvalue weighted by Gasteiger charge is -2.20. The van der Waals surface area contributed by atoms with Gasteiger partial charge in [0, 0.05) is 4.75 Å². The molecular formula is C13H14N2O2S2. The highest BCUT2D eigenvalue weighted by Crippen LogP contribution is 2.47. The van der Waals surface area contributed by atoms with Crippen LogP contribution in [0.25, 0.3) is 10.2 Å². The molecule has 1 aromatic heterocycles. The maximum absolute atomic E-state index is 11.3. The van der Waals surface area contributed by atoms with Gasteiger partial charge in [-0.25, -0.2) is 4.98 Å².